The van der Waals surface area contributed by atoms with Gasteiger partial charge in [0, 0.05) is 6.04 Å². The van der Waals surface area contributed by atoms with Crippen LogP contribution in [0.25, 0.3) is 0 Å². The van der Waals surface area contributed by atoms with Crippen LogP contribution >= 0.6 is 0 Å². The molecule has 0 aromatic carbocycles. The zero-order valence-corrected chi connectivity index (χ0v) is 13.1. The van der Waals surface area contributed by atoms with E-state index in [1.807, 2.05) is 0 Å². The van der Waals surface area contributed by atoms with Gasteiger partial charge in [-0.3, -0.25) is 5.32 Å². The molecule has 1 heterocycles. The quantitative estimate of drug-likeness (QED) is 0.690. The van der Waals surface area contributed by atoms with Crippen LogP contribution in [-0.4, -0.2) is 17.9 Å². The fourth-order valence-electron chi connectivity index (χ4n) is 3.47. The Morgan fingerprint density at radius 2 is 1.67 bits per heavy atom. The largest absolute Gasteiger partial charge is 0.355 e. The van der Waals surface area contributed by atoms with Crippen molar-refractivity contribution in [3.8, 4) is 0 Å². The van der Waals surface area contributed by atoms with Crippen molar-refractivity contribution >= 4 is 0 Å². The van der Waals surface area contributed by atoms with Crippen LogP contribution in [0.1, 0.15) is 79.6 Å². The summed E-state index contributed by atoms with van der Waals surface area (Å²) in [6.45, 7) is 11.5. The Morgan fingerprint density at radius 1 is 1.06 bits per heavy atom. The summed E-state index contributed by atoms with van der Waals surface area (Å²) in [5.74, 6) is 0.699. The molecule has 108 valence electrons. The number of nitrogens with one attached hydrogen (secondary N) is 1. The second kappa shape index (κ2) is 7.49. The minimum Gasteiger partial charge on any atom is -0.355 e. The van der Waals surface area contributed by atoms with Crippen LogP contribution in [-0.2, 0) is 4.74 Å². The summed E-state index contributed by atoms with van der Waals surface area (Å²) in [4.78, 5) is 0. The van der Waals surface area contributed by atoms with E-state index in [4.69, 9.17) is 4.74 Å². The Bertz CT molecular complexity index is 223. The topological polar surface area (TPSA) is 21.3 Å². The molecule has 1 aliphatic heterocycles. The van der Waals surface area contributed by atoms with Crippen molar-refractivity contribution in [1.82, 2.24) is 5.32 Å². The highest BCUT2D eigenvalue weighted by Crippen LogP contribution is 2.39. The minimum absolute atomic E-state index is 0.0960. The molecule has 18 heavy (non-hydrogen) atoms. The Hall–Kier alpha value is -0.0800. The van der Waals surface area contributed by atoms with Crippen molar-refractivity contribution in [2.24, 2.45) is 5.92 Å². The van der Waals surface area contributed by atoms with Gasteiger partial charge in [-0.1, -0.05) is 60.3 Å². The molecular weight excluding hydrogens is 222 g/mol. The van der Waals surface area contributed by atoms with Gasteiger partial charge in [0.15, 0.2) is 0 Å². The van der Waals surface area contributed by atoms with Crippen LogP contribution in [0.5, 0.6) is 0 Å². The van der Waals surface area contributed by atoms with E-state index in [-0.39, 0.29) is 11.8 Å². The molecule has 0 aromatic heterocycles. The summed E-state index contributed by atoms with van der Waals surface area (Å²) >= 11 is 0. The zero-order valence-electron chi connectivity index (χ0n) is 13.1. The molecule has 0 bridgehead atoms. The normalized spacial score (nSPS) is 28.5. The lowest BCUT2D eigenvalue weighted by Crippen LogP contribution is -2.47. The van der Waals surface area contributed by atoms with Crippen LogP contribution in [0.4, 0.5) is 0 Å². The van der Waals surface area contributed by atoms with Crippen molar-refractivity contribution in [3.63, 3.8) is 0 Å². The van der Waals surface area contributed by atoms with E-state index in [9.17, 15) is 0 Å². The SMILES string of the molecule is CCC[C@H]1N[C@@H](C(C)CC)C(CCC)(CCC)O1. The first-order valence-electron chi connectivity index (χ1n) is 8.07. The number of ether oxygens (including phenoxy) is 1. The van der Waals surface area contributed by atoms with E-state index < -0.39 is 0 Å². The summed E-state index contributed by atoms with van der Waals surface area (Å²) in [5.41, 5.74) is 0.0960. The van der Waals surface area contributed by atoms with Crippen LogP contribution < -0.4 is 5.32 Å². The molecule has 3 atom stereocenters. The van der Waals surface area contributed by atoms with Crippen molar-refractivity contribution in [2.45, 2.75) is 97.4 Å². The van der Waals surface area contributed by atoms with Crippen molar-refractivity contribution < 1.29 is 4.74 Å². The monoisotopic (exact) mass is 255 g/mol. The average Bonchev–Trinajstić information content (AvgIpc) is 2.68. The summed E-state index contributed by atoms with van der Waals surface area (Å²) in [7, 11) is 0. The molecule has 1 N–H and O–H groups in total. The third-order valence-corrected chi connectivity index (χ3v) is 4.42. The lowest BCUT2D eigenvalue weighted by Gasteiger charge is -2.36. The Kier molecular flexibility index (Phi) is 6.65. The second-order valence-corrected chi connectivity index (χ2v) is 5.99. The number of hydrogen-bond acceptors (Lipinski definition) is 2. The average molecular weight is 255 g/mol. The van der Waals surface area contributed by atoms with Crippen molar-refractivity contribution in [2.75, 3.05) is 0 Å². The predicted octanol–water partition coefficient (Wildman–Crippen LogP) is 4.49. The Morgan fingerprint density at radius 3 is 2.11 bits per heavy atom. The zero-order chi connectivity index (χ0) is 13.6. The summed E-state index contributed by atoms with van der Waals surface area (Å²) < 4.78 is 6.49. The minimum atomic E-state index is 0.0960. The molecule has 0 aliphatic carbocycles. The third-order valence-electron chi connectivity index (χ3n) is 4.42. The summed E-state index contributed by atoms with van der Waals surface area (Å²) in [6, 6.07) is 0.541. The maximum atomic E-state index is 6.49. The molecule has 0 radical (unpaired) electrons. The second-order valence-electron chi connectivity index (χ2n) is 5.99. The Labute approximate surface area is 114 Å². The fraction of sp³-hybridized carbons (Fsp3) is 1.00. The summed E-state index contributed by atoms with van der Waals surface area (Å²) in [6.07, 6.45) is 8.68. The van der Waals surface area contributed by atoms with E-state index >= 15 is 0 Å². The van der Waals surface area contributed by atoms with Crippen LogP contribution in [0.2, 0.25) is 0 Å². The van der Waals surface area contributed by atoms with Gasteiger partial charge in [0.25, 0.3) is 0 Å². The van der Waals surface area contributed by atoms with E-state index in [0.29, 0.717) is 12.0 Å². The van der Waals surface area contributed by atoms with Crippen LogP contribution in [0.15, 0.2) is 0 Å². The van der Waals surface area contributed by atoms with Gasteiger partial charge in [-0.15, -0.1) is 0 Å². The van der Waals surface area contributed by atoms with Crippen molar-refractivity contribution in [1.29, 1.82) is 0 Å². The lowest BCUT2D eigenvalue weighted by atomic mass is 9.79. The summed E-state index contributed by atoms with van der Waals surface area (Å²) in [5, 5.41) is 3.78. The Balaban J connectivity index is 2.85. The van der Waals surface area contributed by atoms with Gasteiger partial charge in [-0.2, -0.15) is 0 Å². The number of rotatable bonds is 8. The van der Waals surface area contributed by atoms with Crippen LogP contribution in [0.3, 0.4) is 0 Å². The van der Waals surface area contributed by atoms with E-state index in [1.54, 1.807) is 0 Å². The maximum absolute atomic E-state index is 6.49. The molecular formula is C16H33NO. The molecule has 1 aliphatic rings. The van der Waals surface area contributed by atoms with E-state index in [0.717, 1.165) is 6.42 Å². The van der Waals surface area contributed by atoms with Gasteiger partial charge in [0.05, 0.1) is 5.60 Å². The molecule has 1 rings (SSSR count). The molecule has 0 saturated carbocycles. The molecule has 1 fully saturated rings. The lowest BCUT2D eigenvalue weighted by molar-refractivity contribution is -0.0676. The first-order valence-corrected chi connectivity index (χ1v) is 8.07. The molecule has 0 amide bonds. The smallest absolute Gasteiger partial charge is 0.109 e. The van der Waals surface area contributed by atoms with E-state index in [1.165, 1.54) is 38.5 Å². The van der Waals surface area contributed by atoms with E-state index in [2.05, 4.69) is 39.9 Å². The van der Waals surface area contributed by atoms with Crippen molar-refractivity contribution in [3.05, 3.63) is 0 Å². The first-order chi connectivity index (χ1) is 8.63. The predicted molar refractivity (Wildman–Crippen MR) is 78.7 cm³/mol. The van der Waals surface area contributed by atoms with Gasteiger partial charge < -0.3 is 4.74 Å². The van der Waals surface area contributed by atoms with Crippen LogP contribution in [0, 0.1) is 5.92 Å². The standard InChI is InChI=1S/C16H33NO/c1-6-10-14-17-15(13(5)9-4)16(18-14,11-7-2)12-8-3/h13-15,17H,6-12H2,1-5H3/t13?,14-,15-/m0/s1. The molecule has 0 aromatic rings. The highest BCUT2D eigenvalue weighted by Gasteiger charge is 2.48. The van der Waals surface area contributed by atoms with Gasteiger partial charge in [-0.05, 0) is 25.2 Å². The molecule has 0 spiro atoms. The van der Waals surface area contributed by atoms with Gasteiger partial charge in [0.2, 0.25) is 0 Å². The number of hydrogen-bond donors (Lipinski definition) is 1. The fourth-order valence-corrected chi connectivity index (χ4v) is 3.47. The van der Waals surface area contributed by atoms with Gasteiger partial charge >= 0.3 is 0 Å². The molecule has 1 unspecified atom stereocenters. The van der Waals surface area contributed by atoms with Gasteiger partial charge in [-0.25, -0.2) is 0 Å². The first kappa shape index (κ1) is 16.0. The molecule has 2 nitrogen and oxygen atoms in total. The highest BCUT2D eigenvalue weighted by molar-refractivity contribution is 5.00. The third kappa shape index (κ3) is 3.48. The maximum Gasteiger partial charge on any atom is 0.109 e. The van der Waals surface area contributed by atoms with Gasteiger partial charge in [0.1, 0.15) is 6.23 Å². The molecule has 1 saturated heterocycles. The highest BCUT2D eigenvalue weighted by atomic mass is 16.5. The molecule has 2 heteroatoms.